The number of rotatable bonds is 3. The third-order valence-electron chi connectivity index (χ3n) is 3.63. The molecule has 0 heterocycles. The van der Waals surface area contributed by atoms with Crippen LogP contribution in [0.2, 0.25) is 0 Å². The molecule has 3 heteroatoms. The van der Waals surface area contributed by atoms with E-state index in [4.69, 9.17) is 5.73 Å². The molecule has 0 amide bonds. The maximum absolute atomic E-state index is 5.93. The van der Waals surface area contributed by atoms with Gasteiger partial charge in [0.1, 0.15) is 0 Å². The standard InChI is InChI=1S/C14H21BrN2/c1-10(13-4-2-3-5-14(13)15)17-12-8-6-11(16)7-9-12/h2-5,10-12,17H,6-9,16H2,1H3. The van der Waals surface area contributed by atoms with Gasteiger partial charge >= 0.3 is 0 Å². The molecule has 0 aromatic heterocycles. The van der Waals surface area contributed by atoms with Crippen LogP contribution >= 0.6 is 15.9 Å². The van der Waals surface area contributed by atoms with Crippen LogP contribution in [0.15, 0.2) is 28.7 Å². The van der Waals surface area contributed by atoms with Gasteiger partial charge in [0, 0.05) is 22.6 Å². The third kappa shape index (κ3) is 3.54. The van der Waals surface area contributed by atoms with Crippen LogP contribution in [0.1, 0.15) is 44.2 Å². The van der Waals surface area contributed by atoms with Gasteiger partial charge in [0.2, 0.25) is 0 Å². The molecule has 0 radical (unpaired) electrons. The lowest BCUT2D eigenvalue weighted by Gasteiger charge is -2.30. The van der Waals surface area contributed by atoms with Gasteiger partial charge < -0.3 is 11.1 Å². The monoisotopic (exact) mass is 296 g/mol. The van der Waals surface area contributed by atoms with Gasteiger partial charge in [0.25, 0.3) is 0 Å². The van der Waals surface area contributed by atoms with Crippen molar-refractivity contribution in [2.24, 2.45) is 5.73 Å². The highest BCUT2D eigenvalue weighted by molar-refractivity contribution is 9.10. The quantitative estimate of drug-likeness (QED) is 0.897. The molecular formula is C14H21BrN2. The van der Waals surface area contributed by atoms with E-state index >= 15 is 0 Å². The Kier molecular flexibility index (Phi) is 4.60. The Hall–Kier alpha value is -0.380. The lowest BCUT2D eigenvalue weighted by molar-refractivity contribution is 0.322. The average Bonchev–Trinajstić information content (AvgIpc) is 2.32. The lowest BCUT2D eigenvalue weighted by atomic mass is 9.91. The second kappa shape index (κ2) is 5.98. The van der Waals surface area contributed by atoms with E-state index in [9.17, 15) is 0 Å². The molecule has 94 valence electrons. The van der Waals surface area contributed by atoms with Crippen LogP contribution in [-0.2, 0) is 0 Å². The first kappa shape index (κ1) is 13.1. The van der Waals surface area contributed by atoms with Crippen molar-refractivity contribution in [2.75, 3.05) is 0 Å². The molecule has 17 heavy (non-hydrogen) atoms. The van der Waals surface area contributed by atoms with Gasteiger partial charge in [0.05, 0.1) is 0 Å². The molecule has 1 fully saturated rings. The zero-order chi connectivity index (χ0) is 12.3. The SMILES string of the molecule is CC(NC1CCC(N)CC1)c1ccccc1Br. The molecule has 1 aliphatic rings. The van der Waals surface area contributed by atoms with Crippen molar-refractivity contribution in [1.29, 1.82) is 0 Å². The van der Waals surface area contributed by atoms with Gasteiger partial charge in [-0.2, -0.15) is 0 Å². The smallest absolute Gasteiger partial charge is 0.0305 e. The van der Waals surface area contributed by atoms with E-state index in [2.05, 4.69) is 52.4 Å². The van der Waals surface area contributed by atoms with Crippen LogP contribution in [-0.4, -0.2) is 12.1 Å². The number of hydrogen-bond acceptors (Lipinski definition) is 2. The minimum atomic E-state index is 0.393. The summed E-state index contributed by atoms with van der Waals surface area (Å²) in [5.74, 6) is 0. The largest absolute Gasteiger partial charge is 0.328 e. The van der Waals surface area contributed by atoms with Gasteiger partial charge in [-0.15, -0.1) is 0 Å². The first-order valence-corrected chi connectivity index (χ1v) is 7.22. The maximum Gasteiger partial charge on any atom is 0.0305 e. The van der Waals surface area contributed by atoms with Gasteiger partial charge in [-0.3, -0.25) is 0 Å². The molecule has 1 aromatic carbocycles. The highest BCUT2D eigenvalue weighted by atomic mass is 79.9. The second-order valence-electron chi connectivity index (χ2n) is 5.02. The molecule has 2 nitrogen and oxygen atoms in total. The van der Waals surface area contributed by atoms with Crippen LogP contribution < -0.4 is 11.1 Å². The van der Waals surface area contributed by atoms with E-state index in [-0.39, 0.29) is 0 Å². The molecule has 0 saturated heterocycles. The molecule has 0 bridgehead atoms. The number of halogens is 1. The summed E-state index contributed by atoms with van der Waals surface area (Å²) in [5.41, 5.74) is 7.26. The van der Waals surface area contributed by atoms with E-state index in [1.54, 1.807) is 0 Å². The topological polar surface area (TPSA) is 38.0 Å². The third-order valence-corrected chi connectivity index (χ3v) is 4.35. The molecule has 1 aromatic rings. The van der Waals surface area contributed by atoms with E-state index < -0.39 is 0 Å². The van der Waals surface area contributed by atoms with E-state index in [1.807, 2.05) is 0 Å². The Morgan fingerprint density at radius 3 is 2.53 bits per heavy atom. The molecule has 1 atom stereocenters. The van der Waals surface area contributed by atoms with E-state index in [0.29, 0.717) is 18.1 Å². The zero-order valence-electron chi connectivity index (χ0n) is 10.3. The van der Waals surface area contributed by atoms with Gasteiger partial charge in [0.15, 0.2) is 0 Å². The van der Waals surface area contributed by atoms with Crippen molar-refractivity contribution in [3.8, 4) is 0 Å². The Morgan fingerprint density at radius 2 is 1.88 bits per heavy atom. The van der Waals surface area contributed by atoms with Crippen molar-refractivity contribution in [3.05, 3.63) is 34.3 Å². The van der Waals surface area contributed by atoms with Crippen molar-refractivity contribution < 1.29 is 0 Å². The Labute approximate surface area is 112 Å². The number of hydrogen-bond donors (Lipinski definition) is 2. The Morgan fingerprint density at radius 1 is 1.24 bits per heavy atom. The van der Waals surface area contributed by atoms with Gasteiger partial charge in [-0.25, -0.2) is 0 Å². The molecule has 0 spiro atoms. The molecule has 2 rings (SSSR count). The van der Waals surface area contributed by atoms with Crippen LogP contribution in [0.25, 0.3) is 0 Å². The second-order valence-corrected chi connectivity index (χ2v) is 5.88. The van der Waals surface area contributed by atoms with Crippen LogP contribution in [0.5, 0.6) is 0 Å². The molecular weight excluding hydrogens is 276 g/mol. The van der Waals surface area contributed by atoms with Crippen molar-refractivity contribution in [3.63, 3.8) is 0 Å². The van der Waals surface area contributed by atoms with Crippen LogP contribution in [0, 0.1) is 0 Å². The summed E-state index contributed by atoms with van der Waals surface area (Å²) in [6, 6.07) is 9.86. The highest BCUT2D eigenvalue weighted by Crippen LogP contribution is 2.25. The fourth-order valence-corrected chi connectivity index (χ4v) is 3.18. The highest BCUT2D eigenvalue weighted by Gasteiger charge is 2.20. The fraction of sp³-hybridized carbons (Fsp3) is 0.571. The summed E-state index contributed by atoms with van der Waals surface area (Å²) in [6.45, 7) is 2.23. The van der Waals surface area contributed by atoms with Crippen LogP contribution in [0.3, 0.4) is 0 Å². The minimum absolute atomic E-state index is 0.393. The van der Waals surface area contributed by atoms with Gasteiger partial charge in [-0.05, 0) is 44.2 Å². The van der Waals surface area contributed by atoms with Crippen LogP contribution in [0.4, 0.5) is 0 Å². The zero-order valence-corrected chi connectivity index (χ0v) is 11.9. The van der Waals surface area contributed by atoms with Crippen molar-refractivity contribution in [1.82, 2.24) is 5.32 Å². The first-order chi connectivity index (χ1) is 8.16. The van der Waals surface area contributed by atoms with Crippen molar-refractivity contribution >= 4 is 15.9 Å². The lowest BCUT2D eigenvalue weighted by Crippen LogP contribution is -2.38. The summed E-state index contributed by atoms with van der Waals surface area (Å²) < 4.78 is 1.19. The Bertz CT molecular complexity index is 359. The predicted molar refractivity (Wildman–Crippen MR) is 75.9 cm³/mol. The number of nitrogens with one attached hydrogen (secondary N) is 1. The van der Waals surface area contributed by atoms with E-state index in [1.165, 1.54) is 22.9 Å². The van der Waals surface area contributed by atoms with Gasteiger partial charge in [-0.1, -0.05) is 34.1 Å². The minimum Gasteiger partial charge on any atom is -0.328 e. The molecule has 0 aliphatic heterocycles. The first-order valence-electron chi connectivity index (χ1n) is 6.43. The predicted octanol–water partition coefficient (Wildman–Crippen LogP) is 3.37. The molecule has 1 aliphatic carbocycles. The molecule has 3 N–H and O–H groups in total. The summed E-state index contributed by atoms with van der Waals surface area (Å²) in [7, 11) is 0. The summed E-state index contributed by atoms with van der Waals surface area (Å²) in [4.78, 5) is 0. The Balaban J connectivity index is 1.93. The summed E-state index contributed by atoms with van der Waals surface area (Å²) in [6.07, 6.45) is 4.71. The fourth-order valence-electron chi connectivity index (χ4n) is 2.56. The normalized spacial score (nSPS) is 26.8. The van der Waals surface area contributed by atoms with E-state index in [0.717, 1.165) is 12.8 Å². The number of benzene rings is 1. The molecule has 1 unspecified atom stereocenters. The summed E-state index contributed by atoms with van der Waals surface area (Å²) >= 11 is 3.61. The summed E-state index contributed by atoms with van der Waals surface area (Å²) in [5, 5.41) is 3.71. The maximum atomic E-state index is 5.93. The molecule has 1 saturated carbocycles. The van der Waals surface area contributed by atoms with Crippen molar-refractivity contribution in [2.45, 2.75) is 50.7 Å². The average molecular weight is 297 g/mol. The number of nitrogens with two attached hydrogens (primary N) is 1.